The van der Waals surface area contributed by atoms with E-state index < -0.39 is 23.5 Å². The standard InChI is InChI=1S/C17H19F2N3O2/c1-10-12(6-20-21(10)2)13-8-22(9-14(13)17(23)24)7-11-3-4-15(18)16(19)5-11/h3-6,13-14H,7-9H2,1-2H3,(H,23,24)/t13-,14+/m1/s1. The lowest BCUT2D eigenvalue weighted by Crippen LogP contribution is -2.23. The minimum atomic E-state index is -0.888. The minimum Gasteiger partial charge on any atom is -0.481 e. The van der Waals surface area contributed by atoms with Crippen molar-refractivity contribution in [3.63, 3.8) is 0 Å². The molecule has 2 heterocycles. The Bertz CT molecular complexity index is 775. The van der Waals surface area contributed by atoms with Crippen LogP contribution in [-0.4, -0.2) is 38.8 Å². The molecule has 1 aromatic carbocycles. The molecule has 1 N–H and O–H groups in total. The molecule has 7 heteroatoms. The molecule has 1 aliphatic heterocycles. The molecule has 2 atom stereocenters. The molecule has 3 rings (SSSR count). The third-order valence-corrected chi connectivity index (χ3v) is 4.78. The Morgan fingerprint density at radius 3 is 2.67 bits per heavy atom. The first kappa shape index (κ1) is 16.6. The van der Waals surface area contributed by atoms with E-state index in [4.69, 9.17) is 0 Å². The number of carboxylic acids is 1. The molecular formula is C17H19F2N3O2. The first-order chi connectivity index (χ1) is 11.4. The normalized spacial score (nSPS) is 21.3. The maximum absolute atomic E-state index is 13.4. The van der Waals surface area contributed by atoms with Gasteiger partial charge in [0.05, 0.1) is 12.1 Å². The van der Waals surface area contributed by atoms with E-state index in [9.17, 15) is 18.7 Å². The summed E-state index contributed by atoms with van der Waals surface area (Å²) in [7, 11) is 1.82. The fraction of sp³-hybridized carbons (Fsp3) is 0.412. The first-order valence-corrected chi connectivity index (χ1v) is 7.74. The molecule has 5 nitrogen and oxygen atoms in total. The Kier molecular flexibility index (Phi) is 4.36. The van der Waals surface area contributed by atoms with Crippen LogP contribution in [0.5, 0.6) is 0 Å². The second kappa shape index (κ2) is 6.32. The summed E-state index contributed by atoms with van der Waals surface area (Å²) in [6.07, 6.45) is 1.72. The predicted octanol–water partition coefficient (Wildman–Crippen LogP) is 2.31. The Hall–Kier alpha value is -2.28. The maximum Gasteiger partial charge on any atom is 0.308 e. The van der Waals surface area contributed by atoms with Crippen LogP contribution in [0.25, 0.3) is 0 Å². The summed E-state index contributed by atoms with van der Waals surface area (Å²) in [5.41, 5.74) is 2.50. The number of halogens is 2. The van der Waals surface area contributed by atoms with Crippen molar-refractivity contribution in [2.24, 2.45) is 13.0 Å². The van der Waals surface area contributed by atoms with Crippen molar-refractivity contribution in [2.45, 2.75) is 19.4 Å². The molecule has 0 spiro atoms. The van der Waals surface area contributed by atoms with E-state index in [1.165, 1.54) is 6.07 Å². The zero-order chi connectivity index (χ0) is 17.4. The number of benzene rings is 1. The topological polar surface area (TPSA) is 58.4 Å². The molecule has 0 aliphatic carbocycles. The van der Waals surface area contributed by atoms with Crippen molar-refractivity contribution in [3.8, 4) is 0 Å². The quantitative estimate of drug-likeness (QED) is 0.931. The van der Waals surface area contributed by atoms with Crippen molar-refractivity contribution in [1.29, 1.82) is 0 Å². The molecule has 2 aromatic rings. The molecule has 1 aliphatic rings. The maximum atomic E-state index is 13.4. The molecule has 0 saturated carbocycles. The van der Waals surface area contributed by atoms with Crippen molar-refractivity contribution in [1.82, 2.24) is 14.7 Å². The molecule has 1 aromatic heterocycles. The van der Waals surface area contributed by atoms with Gasteiger partial charge in [-0.15, -0.1) is 0 Å². The van der Waals surface area contributed by atoms with Crippen molar-refractivity contribution in [3.05, 3.63) is 52.9 Å². The van der Waals surface area contributed by atoms with Crippen LogP contribution in [0.4, 0.5) is 8.78 Å². The lowest BCUT2D eigenvalue weighted by atomic mass is 9.89. The number of hydrogen-bond acceptors (Lipinski definition) is 3. The van der Waals surface area contributed by atoms with Crippen molar-refractivity contribution >= 4 is 5.97 Å². The van der Waals surface area contributed by atoms with Gasteiger partial charge in [0, 0.05) is 38.3 Å². The highest BCUT2D eigenvalue weighted by molar-refractivity contribution is 5.72. The lowest BCUT2D eigenvalue weighted by Gasteiger charge is -2.16. The van der Waals surface area contributed by atoms with Gasteiger partial charge >= 0.3 is 5.97 Å². The molecule has 24 heavy (non-hydrogen) atoms. The van der Waals surface area contributed by atoms with Crippen LogP contribution in [0, 0.1) is 24.5 Å². The zero-order valence-electron chi connectivity index (χ0n) is 13.5. The van der Waals surface area contributed by atoms with E-state index in [2.05, 4.69) is 5.10 Å². The molecule has 1 fully saturated rings. The Labute approximate surface area is 138 Å². The van der Waals surface area contributed by atoms with E-state index in [1.54, 1.807) is 10.9 Å². The summed E-state index contributed by atoms with van der Waals surface area (Å²) in [6.45, 7) is 3.21. The van der Waals surface area contributed by atoms with Crippen LogP contribution in [0.15, 0.2) is 24.4 Å². The summed E-state index contributed by atoms with van der Waals surface area (Å²) >= 11 is 0. The first-order valence-electron chi connectivity index (χ1n) is 7.74. The van der Waals surface area contributed by atoms with Gasteiger partial charge in [-0.2, -0.15) is 5.10 Å². The van der Waals surface area contributed by atoms with Crippen molar-refractivity contribution < 1.29 is 18.7 Å². The number of hydrogen-bond donors (Lipinski definition) is 1. The Morgan fingerprint density at radius 2 is 2.08 bits per heavy atom. The largest absolute Gasteiger partial charge is 0.481 e. The third-order valence-electron chi connectivity index (χ3n) is 4.78. The number of carboxylic acid groups (broad SMARTS) is 1. The average molecular weight is 335 g/mol. The van der Waals surface area contributed by atoms with Crippen LogP contribution in [-0.2, 0) is 18.4 Å². The van der Waals surface area contributed by atoms with E-state index in [0.29, 0.717) is 25.2 Å². The fourth-order valence-corrected chi connectivity index (χ4v) is 3.36. The van der Waals surface area contributed by atoms with Gasteiger partial charge in [0.25, 0.3) is 0 Å². The van der Waals surface area contributed by atoms with Gasteiger partial charge in [-0.1, -0.05) is 6.07 Å². The third kappa shape index (κ3) is 3.03. The van der Waals surface area contributed by atoms with E-state index in [0.717, 1.165) is 23.4 Å². The van der Waals surface area contributed by atoms with E-state index in [1.807, 2.05) is 18.9 Å². The monoisotopic (exact) mass is 335 g/mol. The zero-order valence-corrected chi connectivity index (χ0v) is 13.5. The van der Waals surface area contributed by atoms with Gasteiger partial charge in [-0.25, -0.2) is 8.78 Å². The highest BCUT2D eigenvalue weighted by Gasteiger charge is 2.39. The smallest absolute Gasteiger partial charge is 0.308 e. The highest BCUT2D eigenvalue weighted by Crippen LogP contribution is 2.35. The molecule has 0 unspecified atom stereocenters. The predicted molar refractivity (Wildman–Crippen MR) is 83.4 cm³/mol. The van der Waals surface area contributed by atoms with Gasteiger partial charge in [-0.3, -0.25) is 14.4 Å². The molecular weight excluding hydrogens is 316 g/mol. The number of carbonyl (C=O) groups is 1. The van der Waals surface area contributed by atoms with E-state index >= 15 is 0 Å². The number of nitrogens with zero attached hydrogens (tertiary/aromatic N) is 3. The fourth-order valence-electron chi connectivity index (χ4n) is 3.36. The van der Waals surface area contributed by atoms with Gasteiger partial charge < -0.3 is 5.11 Å². The van der Waals surface area contributed by atoms with Gasteiger partial charge in [0.1, 0.15) is 0 Å². The Morgan fingerprint density at radius 1 is 1.33 bits per heavy atom. The minimum absolute atomic E-state index is 0.165. The molecule has 128 valence electrons. The molecule has 0 bridgehead atoms. The average Bonchev–Trinajstić information content (AvgIpc) is 3.08. The summed E-state index contributed by atoms with van der Waals surface area (Å²) < 4.78 is 28.1. The SMILES string of the molecule is Cc1c([C@H]2CN(Cc3ccc(F)c(F)c3)C[C@@H]2C(=O)O)cnn1C. The highest BCUT2D eigenvalue weighted by atomic mass is 19.2. The molecule has 0 amide bonds. The number of aliphatic carboxylic acids is 1. The number of aryl methyl sites for hydroxylation is 1. The van der Waals surface area contributed by atoms with Crippen LogP contribution >= 0.6 is 0 Å². The van der Waals surface area contributed by atoms with Crippen LogP contribution in [0.2, 0.25) is 0 Å². The number of rotatable bonds is 4. The second-order valence-electron chi connectivity index (χ2n) is 6.30. The summed E-state index contributed by atoms with van der Waals surface area (Å²) in [5.74, 6) is -3.33. The van der Waals surface area contributed by atoms with Crippen LogP contribution < -0.4 is 0 Å². The second-order valence-corrected chi connectivity index (χ2v) is 6.30. The summed E-state index contributed by atoms with van der Waals surface area (Å²) in [6, 6.07) is 3.78. The van der Waals surface area contributed by atoms with Crippen LogP contribution in [0.3, 0.4) is 0 Å². The number of aromatic nitrogens is 2. The van der Waals surface area contributed by atoms with E-state index in [-0.39, 0.29) is 5.92 Å². The molecule has 1 saturated heterocycles. The summed E-state index contributed by atoms with van der Waals surface area (Å²) in [5, 5.41) is 13.7. The van der Waals surface area contributed by atoms with Gasteiger partial charge in [0.2, 0.25) is 0 Å². The summed E-state index contributed by atoms with van der Waals surface area (Å²) in [4.78, 5) is 13.6. The van der Waals surface area contributed by atoms with Gasteiger partial charge in [0.15, 0.2) is 11.6 Å². The lowest BCUT2D eigenvalue weighted by molar-refractivity contribution is -0.141. The number of likely N-dealkylation sites (tertiary alicyclic amines) is 1. The molecule has 0 radical (unpaired) electrons. The van der Waals surface area contributed by atoms with Gasteiger partial charge in [-0.05, 0) is 30.2 Å². The van der Waals surface area contributed by atoms with Crippen LogP contribution in [0.1, 0.15) is 22.7 Å². The van der Waals surface area contributed by atoms with Crippen molar-refractivity contribution in [2.75, 3.05) is 13.1 Å². The Balaban J connectivity index is 1.81.